The van der Waals surface area contributed by atoms with Crippen LogP contribution in [0.3, 0.4) is 0 Å². The average Bonchev–Trinajstić information content (AvgIpc) is 3.03. The van der Waals surface area contributed by atoms with Crippen molar-refractivity contribution in [1.29, 1.82) is 0 Å². The second kappa shape index (κ2) is 34.7. The maximum Gasteiger partial charge on any atom is 0.372 e. The molecule has 0 spiro atoms. The van der Waals surface area contributed by atoms with Gasteiger partial charge in [-0.1, -0.05) is 45.4 Å². The van der Waals surface area contributed by atoms with Crippen molar-refractivity contribution in [2.24, 2.45) is 0 Å². The molecule has 264 valence electrons. The van der Waals surface area contributed by atoms with Crippen LogP contribution in [-0.2, 0) is 61.8 Å². The van der Waals surface area contributed by atoms with E-state index in [1.54, 1.807) is 0 Å². The van der Waals surface area contributed by atoms with E-state index >= 15 is 0 Å². The van der Waals surface area contributed by atoms with E-state index in [1.807, 2.05) is 0 Å². The van der Waals surface area contributed by atoms with Crippen molar-refractivity contribution in [3.8, 4) is 0 Å². The van der Waals surface area contributed by atoms with E-state index in [0.717, 1.165) is 12.8 Å². The van der Waals surface area contributed by atoms with Gasteiger partial charge in [-0.05, 0) is 6.42 Å². The van der Waals surface area contributed by atoms with Gasteiger partial charge >= 0.3 is 17.9 Å². The van der Waals surface area contributed by atoms with Gasteiger partial charge < -0.3 is 47.7 Å². The molecule has 0 aromatic rings. The number of carboxylic acid groups (broad SMARTS) is 1. The van der Waals surface area contributed by atoms with Crippen LogP contribution in [0.5, 0.6) is 0 Å². The second-order valence-electron chi connectivity index (χ2n) is 9.83. The van der Waals surface area contributed by atoms with Crippen LogP contribution >= 0.6 is 0 Å². The van der Waals surface area contributed by atoms with Gasteiger partial charge in [0.05, 0.1) is 98.9 Å². The van der Waals surface area contributed by atoms with Crippen LogP contribution in [0.15, 0.2) is 0 Å². The van der Waals surface area contributed by atoms with Crippen molar-refractivity contribution in [2.75, 3.05) is 106 Å². The Morgan fingerprint density at radius 3 is 1.07 bits per heavy atom. The maximum atomic E-state index is 11.7. The number of carboxylic acids is 1. The fourth-order valence-corrected chi connectivity index (χ4v) is 3.54. The lowest BCUT2D eigenvalue weighted by molar-refractivity contribution is -0.151. The van der Waals surface area contributed by atoms with Crippen LogP contribution < -0.4 is 0 Å². The van der Waals surface area contributed by atoms with Crippen molar-refractivity contribution >= 4 is 23.7 Å². The first-order chi connectivity index (χ1) is 22.0. The molecule has 0 rings (SSSR count). The molecule has 14 heteroatoms. The number of ether oxygens (including phenoxy) is 9. The first-order valence-corrected chi connectivity index (χ1v) is 16.1. The van der Waals surface area contributed by atoms with Crippen molar-refractivity contribution in [3.05, 3.63) is 0 Å². The molecule has 0 atom stereocenters. The standard InChI is InChI=1S/C31H56O14/c1-2-3-4-5-6-7-8-9-29(33)44-26-24-42-22-20-40-18-16-38-14-12-37-13-15-39-17-19-41-21-23-43-25-27-45-30(34)11-10-28(32)31(35)36/h2-27H2,1H3,(H,35,36). The number of ketones is 1. The minimum atomic E-state index is -1.56. The summed E-state index contributed by atoms with van der Waals surface area (Å²) in [4.78, 5) is 44.3. The number of unbranched alkanes of at least 4 members (excludes halogenated alkanes) is 6. The van der Waals surface area contributed by atoms with E-state index in [0.29, 0.717) is 92.3 Å². The molecular formula is C31H56O14. The highest BCUT2D eigenvalue weighted by molar-refractivity contribution is 6.32. The Balaban J connectivity index is 3.18. The number of esters is 2. The highest BCUT2D eigenvalue weighted by Crippen LogP contribution is 2.08. The predicted molar refractivity (Wildman–Crippen MR) is 162 cm³/mol. The SMILES string of the molecule is CCCCCCCCCC(=O)OCCOCCOCCOCCOCCOCCOCCOCCOC(=O)CCC(=O)C(=O)O. The van der Waals surface area contributed by atoms with Crippen molar-refractivity contribution in [3.63, 3.8) is 0 Å². The third-order valence-corrected chi connectivity index (χ3v) is 5.99. The zero-order valence-electron chi connectivity index (χ0n) is 27.1. The number of hydrogen-bond donors (Lipinski definition) is 1. The summed E-state index contributed by atoms with van der Waals surface area (Å²) in [5, 5.41) is 8.44. The lowest BCUT2D eigenvalue weighted by atomic mass is 10.1. The average molecular weight is 653 g/mol. The summed E-state index contributed by atoms with van der Waals surface area (Å²) >= 11 is 0. The van der Waals surface area contributed by atoms with Crippen LogP contribution in [0.1, 0.15) is 71.1 Å². The number of Topliss-reactive ketones (excluding diaryl/α,β-unsaturated/α-hetero) is 1. The lowest BCUT2D eigenvalue weighted by Crippen LogP contribution is -2.17. The van der Waals surface area contributed by atoms with Gasteiger partial charge in [-0.15, -0.1) is 0 Å². The van der Waals surface area contributed by atoms with E-state index in [4.69, 9.17) is 47.7 Å². The van der Waals surface area contributed by atoms with Gasteiger partial charge in [-0.3, -0.25) is 14.4 Å². The van der Waals surface area contributed by atoms with E-state index in [9.17, 15) is 19.2 Å². The third kappa shape index (κ3) is 34.5. The minimum Gasteiger partial charge on any atom is -0.476 e. The zero-order valence-corrected chi connectivity index (χ0v) is 27.1. The summed E-state index contributed by atoms with van der Waals surface area (Å²) in [5.41, 5.74) is 0. The smallest absolute Gasteiger partial charge is 0.372 e. The molecule has 0 saturated heterocycles. The van der Waals surface area contributed by atoms with E-state index in [2.05, 4.69) is 6.92 Å². The minimum absolute atomic E-state index is 0.0129. The van der Waals surface area contributed by atoms with E-state index in [-0.39, 0.29) is 38.6 Å². The molecule has 0 unspecified atom stereocenters. The fraction of sp³-hybridized carbons (Fsp3) is 0.871. The molecule has 0 saturated carbocycles. The van der Waals surface area contributed by atoms with Crippen molar-refractivity contribution < 1.29 is 66.9 Å². The molecule has 0 fully saturated rings. The number of carbonyl (C=O) groups excluding carboxylic acids is 3. The first-order valence-electron chi connectivity index (χ1n) is 16.1. The van der Waals surface area contributed by atoms with Crippen LogP contribution in [0.4, 0.5) is 0 Å². The highest BCUT2D eigenvalue weighted by atomic mass is 16.6. The fourth-order valence-electron chi connectivity index (χ4n) is 3.54. The van der Waals surface area contributed by atoms with Gasteiger partial charge in [-0.2, -0.15) is 0 Å². The Kier molecular flexibility index (Phi) is 33.0. The zero-order chi connectivity index (χ0) is 33.1. The molecule has 0 bridgehead atoms. The summed E-state index contributed by atoms with van der Waals surface area (Å²) in [7, 11) is 0. The van der Waals surface area contributed by atoms with Crippen LogP contribution in [-0.4, -0.2) is 135 Å². The van der Waals surface area contributed by atoms with Gasteiger partial charge in [0.2, 0.25) is 5.78 Å². The highest BCUT2D eigenvalue weighted by Gasteiger charge is 2.14. The Hall–Kier alpha value is -2.20. The molecule has 0 aliphatic carbocycles. The Bertz CT molecular complexity index is 718. The molecular weight excluding hydrogens is 596 g/mol. The second-order valence-corrected chi connectivity index (χ2v) is 9.83. The summed E-state index contributed by atoms with van der Waals surface area (Å²) in [6, 6.07) is 0. The summed E-state index contributed by atoms with van der Waals surface area (Å²) in [6.45, 7) is 8.07. The quantitative estimate of drug-likeness (QED) is 0.0595. The molecule has 1 N–H and O–H groups in total. The van der Waals surface area contributed by atoms with Gasteiger partial charge in [0.15, 0.2) is 0 Å². The number of rotatable bonds is 36. The molecule has 0 aliphatic rings. The normalized spacial score (nSPS) is 11.0. The largest absolute Gasteiger partial charge is 0.476 e. The first kappa shape index (κ1) is 42.8. The van der Waals surface area contributed by atoms with Gasteiger partial charge in [0.1, 0.15) is 13.2 Å². The maximum absolute atomic E-state index is 11.7. The predicted octanol–water partition coefficient (Wildman–Crippen LogP) is 2.76. The Morgan fingerprint density at radius 2 is 0.711 bits per heavy atom. The van der Waals surface area contributed by atoms with Crippen LogP contribution in [0.2, 0.25) is 0 Å². The van der Waals surface area contributed by atoms with E-state index in [1.165, 1.54) is 32.1 Å². The van der Waals surface area contributed by atoms with Crippen molar-refractivity contribution in [1.82, 2.24) is 0 Å². The molecule has 0 heterocycles. The Labute approximate surface area is 267 Å². The molecule has 14 nitrogen and oxygen atoms in total. The monoisotopic (exact) mass is 652 g/mol. The number of carbonyl (C=O) groups is 4. The molecule has 0 radical (unpaired) electrons. The molecule has 0 aromatic heterocycles. The number of aliphatic carboxylic acids is 1. The molecule has 0 amide bonds. The molecule has 0 aliphatic heterocycles. The van der Waals surface area contributed by atoms with Gasteiger partial charge in [0.25, 0.3) is 0 Å². The lowest BCUT2D eigenvalue weighted by Gasteiger charge is -2.09. The van der Waals surface area contributed by atoms with Crippen LogP contribution in [0, 0.1) is 0 Å². The summed E-state index contributed by atoms with van der Waals surface area (Å²) < 4.78 is 47.7. The Morgan fingerprint density at radius 1 is 0.400 bits per heavy atom. The number of hydrogen-bond acceptors (Lipinski definition) is 13. The summed E-state index contributed by atoms with van der Waals surface area (Å²) in [5.74, 6) is -3.40. The van der Waals surface area contributed by atoms with Gasteiger partial charge in [0, 0.05) is 12.8 Å². The summed E-state index contributed by atoms with van der Waals surface area (Å²) in [6.07, 6.45) is 8.04. The van der Waals surface area contributed by atoms with Crippen molar-refractivity contribution in [2.45, 2.75) is 71.1 Å². The topological polar surface area (TPSA) is 172 Å². The van der Waals surface area contributed by atoms with E-state index < -0.39 is 17.7 Å². The van der Waals surface area contributed by atoms with Crippen LogP contribution in [0.25, 0.3) is 0 Å². The molecule has 0 aromatic carbocycles. The van der Waals surface area contributed by atoms with Gasteiger partial charge in [-0.25, -0.2) is 4.79 Å². The molecule has 45 heavy (non-hydrogen) atoms. The third-order valence-electron chi connectivity index (χ3n) is 5.99.